The summed E-state index contributed by atoms with van der Waals surface area (Å²) in [7, 11) is 0. The Hall–Kier alpha value is -1.63. The fourth-order valence-corrected chi connectivity index (χ4v) is 2.75. The molecular weight excluding hydrogens is 325 g/mol. The minimum absolute atomic E-state index is 0.215. The van der Waals surface area contributed by atoms with E-state index in [0.717, 1.165) is 25.1 Å². The van der Waals surface area contributed by atoms with Crippen molar-refractivity contribution in [1.82, 2.24) is 15.2 Å². The lowest BCUT2D eigenvalue weighted by Crippen LogP contribution is -2.20. The summed E-state index contributed by atoms with van der Waals surface area (Å²) >= 11 is 11.9. The molecule has 1 aromatic carbocycles. The minimum atomic E-state index is 0.215. The number of hydrogen-bond donors (Lipinski definition) is 2. The van der Waals surface area contributed by atoms with E-state index in [9.17, 15) is 0 Å². The van der Waals surface area contributed by atoms with Crippen molar-refractivity contribution in [1.29, 1.82) is 0 Å². The predicted octanol–water partition coefficient (Wildman–Crippen LogP) is 3.51. The van der Waals surface area contributed by atoms with Gasteiger partial charge < -0.3 is 15.4 Å². The van der Waals surface area contributed by atoms with E-state index in [0.29, 0.717) is 28.4 Å². The van der Waals surface area contributed by atoms with Gasteiger partial charge >= 0.3 is 0 Å². The number of halogens is 2. The molecule has 116 valence electrons. The number of rotatable bonds is 5. The molecule has 0 saturated carbocycles. The third kappa shape index (κ3) is 4.19. The van der Waals surface area contributed by atoms with Gasteiger partial charge in [0.1, 0.15) is 0 Å². The van der Waals surface area contributed by atoms with E-state index in [2.05, 4.69) is 25.8 Å². The number of aromatic nitrogens is 3. The maximum atomic E-state index is 5.97. The van der Waals surface area contributed by atoms with Crippen LogP contribution >= 0.6 is 23.2 Å². The lowest BCUT2D eigenvalue weighted by atomic mass is 10.2. The van der Waals surface area contributed by atoms with Crippen molar-refractivity contribution in [3.63, 3.8) is 0 Å². The summed E-state index contributed by atoms with van der Waals surface area (Å²) in [5, 5.41) is 15.2. The molecule has 8 heteroatoms. The molecule has 0 aliphatic carbocycles. The van der Waals surface area contributed by atoms with Crippen LogP contribution in [0.5, 0.6) is 0 Å². The highest BCUT2D eigenvalue weighted by molar-refractivity contribution is 6.35. The summed E-state index contributed by atoms with van der Waals surface area (Å²) in [6.07, 6.45) is 3.90. The van der Waals surface area contributed by atoms with Crippen LogP contribution in [0.4, 0.5) is 17.5 Å². The van der Waals surface area contributed by atoms with Crippen LogP contribution in [0.3, 0.4) is 0 Å². The van der Waals surface area contributed by atoms with Crippen LogP contribution in [0.1, 0.15) is 12.8 Å². The lowest BCUT2D eigenvalue weighted by molar-refractivity contribution is 0.120. The van der Waals surface area contributed by atoms with Gasteiger partial charge in [-0.2, -0.15) is 10.1 Å². The van der Waals surface area contributed by atoms with Gasteiger partial charge in [0.25, 0.3) is 0 Å². The third-order valence-corrected chi connectivity index (χ3v) is 3.64. The van der Waals surface area contributed by atoms with Crippen molar-refractivity contribution in [3.05, 3.63) is 34.4 Å². The molecule has 0 amide bonds. The van der Waals surface area contributed by atoms with Crippen molar-refractivity contribution < 1.29 is 4.74 Å². The number of nitrogens with zero attached hydrogens (tertiary/aromatic N) is 3. The molecule has 0 radical (unpaired) electrons. The van der Waals surface area contributed by atoms with Crippen molar-refractivity contribution in [2.75, 3.05) is 23.8 Å². The van der Waals surface area contributed by atoms with Crippen LogP contribution in [-0.4, -0.2) is 34.4 Å². The number of ether oxygens (including phenoxy) is 1. The summed E-state index contributed by atoms with van der Waals surface area (Å²) in [5.41, 5.74) is 0.739. The first kappa shape index (κ1) is 15.3. The van der Waals surface area contributed by atoms with Crippen molar-refractivity contribution in [3.8, 4) is 0 Å². The monoisotopic (exact) mass is 339 g/mol. The molecule has 2 heterocycles. The Kier molecular flexibility index (Phi) is 4.92. The third-order valence-electron chi connectivity index (χ3n) is 3.21. The molecule has 0 spiro atoms. The topological polar surface area (TPSA) is 72.0 Å². The first-order valence-corrected chi connectivity index (χ1v) is 7.73. The van der Waals surface area contributed by atoms with Crippen LogP contribution in [-0.2, 0) is 4.74 Å². The minimum Gasteiger partial charge on any atom is -0.376 e. The molecule has 3 rings (SSSR count). The second-order valence-corrected chi connectivity index (χ2v) is 5.84. The molecule has 22 heavy (non-hydrogen) atoms. The van der Waals surface area contributed by atoms with E-state index in [1.165, 1.54) is 6.20 Å². The van der Waals surface area contributed by atoms with Gasteiger partial charge in [-0.15, -0.1) is 5.10 Å². The second-order valence-electron chi connectivity index (χ2n) is 4.96. The Morgan fingerprint density at radius 2 is 2.05 bits per heavy atom. The highest BCUT2D eigenvalue weighted by Gasteiger charge is 2.15. The van der Waals surface area contributed by atoms with Crippen LogP contribution < -0.4 is 10.6 Å². The SMILES string of the molecule is Clc1cc(Cl)cc(Nc2cnnc(NCC3CCCO3)n2)c1. The van der Waals surface area contributed by atoms with Gasteiger partial charge in [-0.1, -0.05) is 23.2 Å². The Bertz CT molecular complexity index is 629. The predicted molar refractivity (Wildman–Crippen MR) is 87.0 cm³/mol. The van der Waals surface area contributed by atoms with Gasteiger partial charge in [-0.05, 0) is 31.0 Å². The number of nitrogens with one attached hydrogen (secondary N) is 2. The first-order valence-electron chi connectivity index (χ1n) is 6.97. The second kappa shape index (κ2) is 7.09. The Morgan fingerprint density at radius 1 is 1.23 bits per heavy atom. The highest BCUT2D eigenvalue weighted by Crippen LogP contribution is 2.24. The van der Waals surface area contributed by atoms with E-state index < -0.39 is 0 Å². The summed E-state index contributed by atoms with van der Waals surface area (Å²) in [4.78, 5) is 4.35. The smallest absolute Gasteiger partial charge is 0.244 e. The fraction of sp³-hybridized carbons (Fsp3) is 0.357. The molecule has 1 atom stereocenters. The van der Waals surface area contributed by atoms with E-state index in [1.54, 1.807) is 18.2 Å². The standard InChI is InChI=1S/C14H15Cl2N5O/c15-9-4-10(16)6-11(5-9)19-13-8-18-21-14(20-13)17-7-12-2-1-3-22-12/h4-6,8,12H,1-3,7H2,(H2,17,19,20,21). The first-order chi connectivity index (χ1) is 10.7. The molecule has 1 aliphatic rings. The summed E-state index contributed by atoms with van der Waals surface area (Å²) in [5.74, 6) is 1.01. The van der Waals surface area contributed by atoms with Gasteiger partial charge in [-0.25, -0.2) is 0 Å². The Morgan fingerprint density at radius 3 is 2.77 bits per heavy atom. The molecule has 2 N–H and O–H groups in total. The molecule has 1 aliphatic heterocycles. The molecule has 6 nitrogen and oxygen atoms in total. The zero-order valence-corrected chi connectivity index (χ0v) is 13.2. The fourth-order valence-electron chi connectivity index (χ4n) is 2.22. The normalized spacial score (nSPS) is 17.5. The van der Waals surface area contributed by atoms with E-state index in [1.807, 2.05) is 0 Å². The quantitative estimate of drug-likeness (QED) is 0.868. The highest BCUT2D eigenvalue weighted by atomic mass is 35.5. The van der Waals surface area contributed by atoms with Crippen LogP contribution in [0, 0.1) is 0 Å². The molecular formula is C14H15Cl2N5O. The zero-order chi connectivity index (χ0) is 15.4. The number of anilines is 3. The summed E-state index contributed by atoms with van der Waals surface area (Å²) < 4.78 is 5.54. The van der Waals surface area contributed by atoms with E-state index >= 15 is 0 Å². The lowest BCUT2D eigenvalue weighted by Gasteiger charge is -2.11. The summed E-state index contributed by atoms with van der Waals surface area (Å²) in [6.45, 7) is 1.50. The van der Waals surface area contributed by atoms with Gasteiger partial charge in [0.05, 0.1) is 12.3 Å². The molecule has 1 saturated heterocycles. The Labute approximate surface area is 138 Å². The molecule has 0 bridgehead atoms. The van der Waals surface area contributed by atoms with E-state index in [-0.39, 0.29) is 6.10 Å². The van der Waals surface area contributed by atoms with Crippen molar-refractivity contribution in [2.24, 2.45) is 0 Å². The van der Waals surface area contributed by atoms with E-state index in [4.69, 9.17) is 27.9 Å². The molecule has 2 aromatic rings. The van der Waals surface area contributed by atoms with Crippen molar-refractivity contribution in [2.45, 2.75) is 18.9 Å². The maximum Gasteiger partial charge on any atom is 0.244 e. The number of hydrogen-bond acceptors (Lipinski definition) is 6. The van der Waals surface area contributed by atoms with Crippen molar-refractivity contribution >= 4 is 40.7 Å². The molecule has 1 aromatic heterocycles. The van der Waals surface area contributed by atoms with Crippen LogP contribution in [0.15, 0.2) is 24.4 Å². The zero-order valence-electron chi connectivity index (χ0n) is 11.7. The van der Waals surface area contributed by atoms with Gasteiger partial charge in [0.2, 0.25) is 5.95 Å². The van der Waals surface area contributed by atoms with Gasteiger partial charge in [-0.3, -0.25) is 0 Å². The van der Waals surface area contributed by atoms with Crippen LogP contribution in [0.2, 0.25) is 10.0 Å². The summed E-state index contributed by atoms with van der Waals surface area (Å²) in [6, 6.07) is 5.19. The largest absolute Gasteiger partial charge is 0.376 e. The molecule has 1 fully saturated rings. The molecule has 1 unspecified atom stereocenters. The average molecular weight is 340 g/mol. The Balaban J connectivity index is 1.65. The van der Waals surface area contributed by atoms with Gasteiger partial charge in [0.15, 0.2) is 5.82 Å². The van der Waals surface area contributed by atoms with Gasteiger partial charge in [0, 0.05) is 28.9 Å². The van der Waals surface area contributed by atoms with Crippen LogP contribution in [0.25, 0.3) is 0 Å². The maximum absolute atomic E-state index is 5.97. The average Bonchev–Trinajstić information content (AvgIpc) is 2.98. The number of benzene rings is 1.